The van der Waals surface area contributed by atoms with E-state index in [2.05, 4.69) is 15.1 Å². The molecule has 2 N–H and O–H groups in total. The largest absolute Gasteiger partial charge is 0.404 e. The summed E-state index contributed by atoms with van der Waals surface area (Å²) in [5.41, 5.74) is 5.21. The Morgan fingerprint density at radius 2 is 2.29 bits per heavy atom. The van der Waals surface area contributed by atoms with E-state index in [1.54, 1.807) is 7.05 Å². The Balaban J connectivity index is 2.29. The first-order valence-corrected chi connectivity index (χ1v) is 4.50. The molecule has 9 nitrogen and oxygen atoms in total. The minimum Gasteiger partial charge on any atom is -0.404 e. The molecule has 2 aromatic rings. The highest BCUT2D eigenvalue weighted by Crippen LogP contribution is 2.23. The Kier molecular flexibility index (Phi) is 2.57. The molecule has 0 atom stereocenters. The van der Waals surface area contributed by atoms with E-state index in [0.29, 0.717) is 0 Å². The van der Waals surface area contributed by atoms with Gasteiger partial charge < -0.3 is 10.5 Å². The molecule has 0 saturated carbocycles. The van der Waals surface area contributed by atoms with Gasteiger partial charge in [-0.2, -0.15) is 9.97 Å². The summed E-state index contributed by atoms with van der Waals surface area (Å²) in [6.07, 6.45) is 1.43. The van der Waals surface area contributed by atoms with Crippen LogP contribution in [0.3, 0.4) is 0 Å². The lowest BCUT2D eigenvalue weighted by Crippen LogP contribution is -1.98. The second-order valence-corrected chi connectivity index (χ2v) is 3.15. The van der Waals surface area contributed by atoms with E-state index >= 15 is 0 Å². The molecule has 0 fully saturated rings. The van der Waals surface area contributed by atoms with E-state index in [9.17, 15) is 10.1 Å². The number of aromatic nitrogens is 4. The number of nitrogens with two attached hydrogens (primary N) is 1. The van der Waals surface area contributed by atoms with Crippen LogP contribution < -0.4 is 10.5 Å². The third-order valence-corrected chi connectivity index (χ3v) is 1.79. The molecule has 88 valence electrons. The van der Waals surface area contributed by atoms with Crippen molar-refractivity contribution in [2.45, 2.75) is 0 Å². The van der Waals surface area contributed by atoms with Crippen LogP contribution in [0.5, 0.6) is 11.9 Å². The van der Waals surface area contributed by atoms with Crippen molar-refractivity contribution in [2.75, 3.05) is 5.73 Å². The van der Waals surface area contributed by atoms with Gasteiger partial charge in [0, 0.05) is 7.05 Å². The van der Waals surface area contributed by atoms with Gasteiger partial charge in [0.25, 0.3) is 5.69 Å². The van der Waals surface area contributed by atoms with E-state index in [1.165, 1.54) is 11.0 Å². The number of nitrogens with zero attached hydrogens (tertiary/aromatic N) is 5. The first-order valence-electron chi connectivity index (χ1n) is 4.50. The number of rotatable bonds is 3. The van der Waals surface area contributed by atoms with Crippen LogP contribution in [0.25, 0.3) is 0 Å². The monoisotopic (exact) mass is 236 g/mol. The maximum absolute atomic E-state index is 10.6. The lowest BCUT2D eigenvalue weighted by Gasteiger charge is -2.00. The fraction of sp³-hybridized carbons (Fsp3) is 0.125. The molecule has 0 aromatic carbocycles. The van der Waals surface area contributed by atoms with Crippen LogP contribution in [0.15, 0.2) is 18.5 Å². The molecule has 0 aliphatic heterocycles. The Labute approximate surface area is 95.0 Å². The van der Waals surface area contributed by atoms with Crippen molar-refractivity contribution < 1.29 is 9.66 Å². The third kappa shape index (κ3) is 2.45. The predicted octanol–water partition coefficient (Wildman–Crippen LogP) is 0.493. The average molecular weight is 236 g/mol. The fourth-order valence-electron chi connectivity index (χ4n) is 1.13. The summed E-state index contributed by atoms with van der Waals surface area (Å²) in [6.45, 7) is 0. The van der Waals surface area contributed by atoms with Crippen LogP contribution in [-0.4, -0.2) is 24.7 Å². The van der Waals surface area contributed by atoms with E-state index in [0.717, 1.165) is 12.1 Å². The number of nitro groups is 1. The van der Waals surface area contributed by atoms with Crippen LogP contribution in [0.4, 0.5) is 11.5 Å². The van der Waals surface area contributed by atoms with Gasteiger partial charge in [0.2, 0.25) is 5.88 Å². The third-order valence-electron chi connectivity index (χ3n) is 1.79. The Bertz CT molecular complexity index is 566. The molecule has 0 amide bonds. The summed E-state index contributed by atoms with van der Waals surface area (Å²) in [4.78, 5) is 17.6. The Morgan fingerprint density at radius 3 is 2.88 bits per heavy atom. The summed E-state index contributed by atoms with van der Waals surface area (Å²) >= 11 is 0. The van der Waals surface area contributed by atoms with E-state index < -0.39 is 4.92 Å². The zero-order chi connectivity index (χ0) is 12.4. The van der Waals surface area contributed by atoms with Gasteiger partial charge in [-0.3, -0.25) is 14.8 Å². The van der Waals surface area contributed by atoms with Crippen molar-refractivity contribution in [3.8, 4) is 11.9 Å². The van der Waals surface area contributed by atoms with E-state index in [4.69, 9.17) is 10.5 Å². The number of aryl methyl sites for hydroxylation is 1. The molecule has 2 heterocycles. The van der Waals surface area contributed by atoms with E-state index in [1.807, 2.05) is 0 Å². The zero-order valence-electron chi connectivity index (χ0n) is 8.77. The van der Waals surface area contributed by atoms with Gasteiger partial charge in [-0.15, -0.1) is 5.10 Å². The van der Waals surface area contributed by atoms with Gasteiger partial charge in [0.05, 0.1) is 17.1 Å². The molecule has 2 rings (SSSR count). The maximum Gasteiger partial charge on any atom is 0.342 e. The number of pyridine rings is 1. The molecule has 0 unspecified atom stereocenters. The second kappa shape index (κ2) is 4.04. The number of hydrogen-bond acceptors (Lipinski definition) is 7. The van der Waals surface area contributed by atoms with Gasteiger partial charge in [0.15, 0.2) is 0 Å². The number of nitrogen functional groups attached to an aromatic ring is 1. The van der Waals surface area contributed by atoms with Crippen molar-refractivity contribution in [2.24, 2.45) is 7.05 Å². The van der Waals surface area contributed by atoms with Gasteiger partial charge >= 0.3 is 6.01 Å². The lowest BCUT2D eigenvalue weighted by molar-refractivity contribution is -0.384. The molecular formula is C8H8N6O3. The topological polar surface area (TPSA) is 122 Å². The average Bonchev–Trinajstić information content (AvgIpc) is 2.63. The number of hydrogen-bond donors (Lipinski definition) is 1. The van der Waals surface area contributed by atoms with Crippen molar-refractivity contribution in [1.82, 2.24) is 19.7 Å². The molecule has 0 aliphatic carbocycles. The second-order valence-electron chi connectivity index (χ2n) is 3.15. The minimum atomic E-state index is -0.587. The lowest BCUT2D eigenvalue weighted by atomic mass is 10.4. The van der Waals surface area contributed by atoms with Gasteiger partial charge in [-0.05, 0) is 0 Å². The van der Waals surface area contributed by atoms with Gasteiger partial charge in [-0.25, -0.2) is 0 Å². The van der Waals surface area contributed by atoms with E-state index in [-0.39, 0.29) is 23.4 Å². The van der Waals surface area contributed by atoms with Crippen molar-refractivity contribution >= 4 is 11.5 Å². The standard InChI is InChI=1S/C8H8N6O3/c1-13-4-10-8(12-13)17-7-3-5(14(15)16)2-6(9)11-7/h2-4H,1H3,(H2,9,11). The quantitative estimate of drug-likeness (QED) is 0.607. The minimum absolute atomic E-state index is 0.00914. The normalized spacial score (nSPS) is 10.2. The highest BCUT2D eigenvalue weighted by Gasteiger charge is 2.12. The highest BCUT2D eigenvalue weighted by atomic mass is 16.6. The molecule has 2 aromatic heterocycles. The Hall–Kier alpha value is -2.71. The molecule has 9 heteroatoms. The van der Waals surface area contributed by atoms with Crippen LogP contribution in [0.1, 0.15) is 0 Å². The first-order chi connectivity index (χ1) is 8.04. The zero-order valence-corrected chi connectivity index (χ0v) is 8.77. The molecule has 0 spiro atoms. The molecular weight excluding hydrogens is 228 g/mol. The maximum atomic E-state index is 10.6. The van der Waals surface area contributed by atoms with Gasteiger partial charge in [-0.1, -0.05) is 0 Å². The molecule has 0 bridgehead atoms. The van der Waals surface area contributed by atoms with Crippen molar-refractivity contribution in [1.29, 1.82) is 0 Å². The highest BCUT2D eigenvalue weighted by molar-refractivity contribution is 5.45. The summed E-state index contributed by atoms with van der Waals surface area (Å²) in [5.74, 6) is -0.0342. The number of anilines is 1. The SMILES string of the molecule is Cn1cnc(Oc2cc([N+](=O)[O-])cc(N)n2)n1. The van der Waals surface area contributed by atoms with Crippen LogP contribution in [0.2, 0.25) is 0 Å². The predicted molar refractivity (Wildman–Crippen MR) is 56.4 cm³/mol. The smallest absolute Gasteiger partial charge is 0.342 e. The summed E-state index contributed by atoms with van der Waals surface area (Å²) in [6, 6.07) is 2.32. The molecule has 0 saturated heterocycles. The van der Waals surface area contributed by atoms with Crippen LogP contribution >= 0.6 is 0 Å². The first kappa shape index (κ1) is 10.8. The summed E-state index contributed by atoms with van der Waals surface area (Å²) < 4.78 is 6.56. The summed E-state index contributed by atoms with van der Waals surface area (Å²) in [7, 11) is 1.66. The Morgan fingerprint density at radius 1 is 1.53 bits per heavy atom. The molecule has 0 aliphatic rings. The van der Waals surface area contributed by atoms with Crippen LogP contribution in [0, 0.1) is 10.1 Å². The van der Waals surface area contributed by atoms with Crippen LogP contribution in [-0.2, 0) is 7.05 Å². The van der Waals surface area contributed by atoms with Crippen molar-refractivity contribution in [3.63, 3.8) is 0 Å². The summed E-state index contributed by atoms with van der Waals surface area (Å²) in [5, 5.41) is 14.4. The van der Waals surface area contributed by atoms with Crippen molar-refractivity contribution in [3.05, 3.63) is 28.6 Å². The van der Waals surface area contributed by atoms with Gasteiger partial charge in [0.1, 0.15) is 12.1 Å². The molecule has 0 radical (unpaired) electrons. The fourth-order valence-corrected chi connectivity index (χ4v) is 1.13. The molecule has 17 heavy (non-hydrogen) atoms. The number of ether oxygens (including phenoxy) is 1.